The highest BCUT2D eigenvalue weighted by Gasteiger charge is 2.11. The minimum absolute atomic E-state index is 0.136. The molecular formula is C22H20N2OS. The van der Waals surface area contributed by atoms with Crippen LogP contribution in [-0.2, 0) is 4.79 Å². The van der Waals surface area contributed by atoms with Crippen molar-refractivity contribution >= 4 is 34.1 Å². The van der Waals surface area contributed by atoms with E-state index in [9.17, 15) is 10.1 Å². The second kappa shape index (κ2) is 7.99. The zero-order valence-corrected chi connectivity index (χ0v) is 15.6. The number of amides is 1. The van der Waals surface area contributed by atoms with Crippen molar-refractivity contribution in [1.82, 2.24) is 5.32 Å². The largest absolute Gasteiger partial charge is 0.351 e. The van der Waals surface area contributed by atoms with Gasteiger partial charge in [0.1, 0.15) is 11.6 Å². The molecule has 0 aliphatic rings. The summed E-state index contributed by atoms with van der Waals surface area (Å²) in [4.78, 5) is 13.0. The summed E-state index contributed by atoms with van der Waals surface area (Å²) in [5.74, 6) is 0.0277. The van der Waals surface area contributed by atoms with E-state index in [1.165, 1.54) is 22.1 Å². The number of carbonyl (C=O) groups excluding carboxylic acids is 1. The lowest BCUT2D eigenvalue weighted by molar-refractivity contribution is -0.117. The number of rotatable bonds is 5. The molecule has 0 aliphatic carbocycles. The molecule has 3 rings (SSSR count). The summed E-state index contributed by atoms with van der Waals surface area (Å²) < 4.78 is 0. The zero-order chi connectivity index (χ0) is 18.5. The van der Waals surface area contributed by atoms with Gasteiger partial charge in [-0.1, -0.05) is 56.3 Å². The summed E-state index contributed by atoms with van der Waals surface area (Å²) in [6.07, 6.45) is 1.66. The van der Waals surface area contributed by atoms with Crippen molar-refractivity contribution in [3.05, 3.63) is 64.4 Å². The van der Waals surface area contributed by atoms with E-state index in [1.807, 2.05) is 44.2 Å². The Labute approximate surface area is 157 Å². The SMILES string of the molecule is CC(C)CNC(=O)/C(C#N)=C/c1cc(-c2cccc3ccccc23)cs1. The first kappa shape index (κ1) is 17.9. The number of thiophene rings is 1. The van der Waals surface area contributed by atoms with E-state index in [2.05, 4.69) is 35.0 Å². The first-order chi connectivity index (χ1) is 12.6. The molecule has 1 aromatic heterocycles. The van der Waals surface area contributed by atoms with Crippen LogP contribution in [0.1, 0.15) is 18.7 Å². The van der Waals surface area contributed by atoms with Gasteiger partial charge in [0.15, 0.2) is 0 Å². The molecule has 0 saturated carbocycles. The molecule has 0 atom stereocenters. The Kier molecular flexibility index (Phi) is 5.50. The molecular weight excluding hydrogens is 340 g/mol. The minimum Gasteiger partial charge on any atom is -0.351 e. The summed E-state index contributed by atoms with van der Waals surface area (Å²) in [6.45, 7) is 4.60. The fourth-order valence-electron chi connectivity index (χ4n) is 2.73. The van der Waals surface area contributed by atoms with E-state index >= 15 is 0 Å². The Hall–Kier alpha value is -2.90. The van der Waals surface area contributed by atoms with Gasteiger partial charge in [-0.25, -0.2) is 0 Å². The Morgan fingerprint density at radius 3 is 2.77 bits per heavy atom. The summed E-state index contributed by atoms with van der Waals surface area (Å²) in [5, 5.41) is 16.6. The van der Waals surface area contributed by atoms with E-state index in [0.29, 0.717) is 12.5 Å². The molecule has 3 aromatic rings. The van der Waals surface area contributed by atoms with Crippen LogP contribution in [0.4, 0.5) is 0 Å². The van der Waals surface area contributed by atoms with Crippen LogP contribution in [0.3, 0.4) is 0 Å². The van der Waals surface area contributed by atoms with Crippen LogP contribution in [-0.4, -0.2) is 12.5 Å². The number of nitrogens with zero attached hydrogens (tertiary/aromatic N) is 1. The van der Waals surface area contributed by atoms with Gasteiger partial charge in [-0.15, -0.1) is 11.3 Å². The molecule has 3 nitrogen and oxygen atoms in total. The second-order valence-corrected chi connectivity index (χ2v) is 7.48. The molecule has 0 saturated heterocycles. The quantitative estimate of drug-likeness (QED) is 0.499. The molecule has 130 valence electrons. The average Bonchev–Trinajstić information content (AvgIpc) is 3.12. The Balaban J connectivity index is 1.89. The van der Waals surface area contributed by atoms with Gasteiger partial charge in [0, 0.05) is 11.4 Å². The number of carbonyl (C=O) groups is 1. The van der Waals surface area contributed by atoms with E-state index in [1.54, 1.807) is 6.08 Å². The lowest BCUT2D eigenvalue weighted by atomic mass is 10.00. The minimum atomic E-state index is -0.318. The second-order valence-electron chi connectivity index (χ2n) is 6.54. The van der Waals surface area contributed by atoms with Gasteiger partial charge in [-0.05, 0) is 45.3 Å². The maximum atomic E-state index is 12.1. The van der Waals surface area contributed by atoms with E-state index in [4.69, 9.17) is 0 Å². The Morgan fingerprint density at radius 2 is 2.00 bits per heavy atom. The fourth-order valence-corrected chi connectivity index (χ4v) is 3.57. The monoisotopic (exact) mass is 360 g/mol. The lowest BCUT2D eigenvalue weighted by Crippen LogP contribution is -2.28. The molecule has 1 heterocycles. The highest BCUT2D eigenvalue weighted by molar-refractivity contribution is 7.11. The summed E-state index contributed by atoms with van der Waals surface area (Å²) in [5.41, 5.74) is 2.39. The van der Waals surface area contributed by atoms with Crippen molar-refractivity contribution < 1.29 is 4.79 Å². The average molecular weight is 360 g/mol. The lowest BCUT2D eigenvalue weighted by Gasteiger charge is -2.06. The highest BCUT2D eigenvalue weighted by atomic mass is 32.1. The third kappa shape index (κ3) is 4.01. The molecule has 0 aliphatic heterocycles. The maximum Gasteiger partial charge on any atom is 0.261 e. The molecule has 26 heavy (non-hydrogen) atoms. The number of fused-ring (bicyclic) bond motifs is 1. The molecule has 0 spiro atoms. The van der Waals surface area contributed by atoms with Gasteiger partial charge in [0.05, 0.1) is 0 Å². The van der Waals surface area contributed by atoms with Crippen molar-refractivity contribution in [1.29, 1.82) is 5.26 Å². The van der Waals surface area contributed by atoms with Crippen LogP contribution >= 0.6 is 11.3 Å². The molecule has 1 amide bonds. The first-order valence-corrected chi connectivity index (χ1v) is 9.43. The Morgan fingerprint density at radius 1 is 1.23 bits per heavy atom. The smallest absolute Gasteiger partial charge is 0.261 e. The van der Waals surface area contributed by atoms with Crippen molar-refractivity contribution in [2.75, 3.05) is 6.54 Å². The molecule has 0 radical (unpaired) electrons. The van der Waals surface area contributed by atoms with Gasteiger partial charge >= 0.3 is 0 Å². The topological polar surface area (TPSA) is 52.9 Å². The van der Waals surface area contributed by atoms with Crippen LogP contribution in [0.5, 0.6) is 0 Å². The van der Waals surface area contributed by atoms with Gasteiger partial charge in [-0.3, -0.25) is 4.79 Å². The van der Waals surface area contributed by atoms with Gasteiger partial charge < -0.3 is 5.32 Å². The first-order valence-electron chi connectivity index (χ1n) is 8.55. The maximum absolute atomic E-state index is 12.1. The van der Waals surface area contributed by atoms with Crippen molar-refractivity contribution in [2.24, 2.45) is 5.92 Å². The normalized spacial score (nSPS) is 11.5. The molecule has 0 bridgehead atoms. The molecule has 0 fully saturated rings. The predicted octanol–water partition coefficient (Wildman–Crippen LogP) is 5.25. The highest BCUT2D eigenvalue weighted by Crippen LogP contribution is 2.32. The van der Waals surface area contributed by atoms with Crippen LogP contribution in [0.2, 0.25) is 0 Å². The third-order valence-corrected chi connectivity index (χ3v) is 4.92. The van der Waals surface area contributed by atoms with Crippen LogP contribution < -0.4 is 5.32 Å². The fraction of sp³-hybridized carbons (Fsp3) is 0.182. The number of nitrogens with one attached hydrogen (secondary N) is 1. The van der Waals surface area contributed by atoms with E-state index in [-0.39, 0.29) is 11.5 Å². The summed E-state index contributed by atoms with van der Waals surface area (Å²) in [7, 11) is 0. The van der Waals surface area contributed by atoms with Crippen LogP contribution in [0.15, 0.2) is 59.5 Å². The zero-order valence-electron chi connectivity index (χ0n) is 14.8. The summed E-state index contributed by atoms with van der Waals surface area (Å²) >= 11 is 1.53. The van der Waals surface area contributed by atoms with Gasteiger partial charge in [-0.2, -0.15) is 5.26 Å². The van der Waals surface area contributed by atoms with Crippen LogP contribution in [0, 0.1) is 17.2 Å². The number of hydrogen-bond acceptors (Lipinski definition) is 3. The third-order valence-electron chi connectivity index (χ3n) is 4.04. The predicted molar refractivity (Wildman–Crippen MR) is 109 cm³/mol. The molecule has 1 N–H and O–H groups in total. The van der Waals surface area contributed by atoms with Gasteiger partial charge in [0.25, 0.3) is 5.91 Å². The van der Waals surface area contributed by atoms with E-state index in [0.717, 1.165) is 16.0 Å². The van der Waals surface area contributed by atoms with Crippen molar-refractivity contribution in [3.63, 3.8) is 0 Å². The van der Waals surface area contributed by atoms with Crippen LogP contribution in [0.25, 0.3) is 28.0 Å². The van der Waals surface area contributed by atoms with Crippen molar-refractivity contribution in [2.45, 2.75) is 13.8 Å². The Bertz CT molecular complexity index is 1000. The molecule has 2 aromatic carbocycles. The van der Waals surface area contributed by atoms with E-state index < -0.39 is 0 Å². The molecule has 0 unspecified atom stereocenters. The number of benzene rings is 2. The van der Waals surface area contributed by atoms with Gasteiger partial charge in [0.2, 0.25) is 0 Å². The number of hydrogen-bond donors (Lipinski definition) is 1. The van der Waals surface area contributed by atoms with Crippen molar-refractivity contribution in [3.8, 4) is 17.2 Å². The standard InChI is InChI=1S/C22H20N2OS/c1-15(2)13-24-22(25)17(12-23)10-19-11-18(14-26-19)21-9-5-7-16-6-3-4-8-20(16)21/h3-11,14-15H,13H2,1-2H3,(H,24,25)/b17-10+. The summed E-state index contributed by atoms with van der Waals surface area (Å²) in [6, 6.07) is 18.5. The number of nitriles is 1. The molecule has 4 heteroatoms.